The molecular weight excluding hydrogens is 284 g/mol. The first-order valence-corrected chi connectivity index (χ1v) is 6.65. The van der Waals surface area contributed by atoms with Gasteiger partial charge in [-0.05, 0) is 35.0 Å². The van der Waals surface area contributed by atoms with Crippen LogP contribution in [-0.4, -0.2) is 5.78 Å². The zero-order valence-electron chi connectivity index (χ0n) is 8.87. The van der Waals surface area contributed by atoms with Crippen molar-refractivity contribution in [1.29, 1.82) is 0 Å². The van der Waals surface area contributed by atoms with E-state index in [9.17, 15) is 4.79 Å². The maximum absolute atomic E-state index is 12.0. The minimum Gasteiger partial charge on any atom is -0.294 e. The molecule has 1 aromatic heterocycles. The average Bonchev–Trinajstić information content (AvgIpc) is 2.64. The van der Waals surface area contributed by atoms with Crippen LogP contribution >= 0.6 is 27.3 Å². The Kier molecular flexibility index (Phi) is 3.56. The van der Waals surface area contributed by atoms with Crippen LogP contribution in [-0.2, 0) is 6.42 Å². The molecule has 16 heavy (non-hydrogen) atoms. The van der Waals surface area contributed by atoms with Gasteiger partial charge in [0.15, 0.2) is 5.78 Å². The Morgan fingerprint density at radius 3 is 2.81 bits per heavy atom. The Hall–Kier alpha value is -0.930. The summed E-state index contributed by atoms with van der Waals surface area (Å²) >= 11 is 5.00. The number of carbonyl (C=O) groups is 1. The summed E-state index contributed by atoms with van der Waals surface area (Å²) in [6.45, 7) is 2.00. The molecule has 0 radical (unpaired) electrons. The lowest BCUT2D eigenvalue weighted by molar-refractivity contribution is 0.0993. The Morgan fingerprint density at radius 2 is 2.19 bits per heavy atom. The van der Waals surface area contributed by atoms with E-state index in [-0.39, 0.29) is 5.78 Å². The summed E-state index contributed by atoms with van der Waals surface area (Å²) in [5.74, 6) is 0.179. The van der Waals surface area contributed by atoms with Crippen molar-refractivity contribution in [2.75, 3.05) is 0 Å². The van der Waals surface area contributed by atoms with Gasteiger partial charge in [-0.1, -0.05) is 23.8 Å². The number of carbonyl (C=O) groups excluding carboxylic acids is 1. The first kappa shape index (κ1) is 11.6. The highest BCUT2D eigenvalue weighted by molar-refractivity contribution is 9.10. The number of thiophene rings is 1. The van der Waals surface area contributed by atoms with Gasteiger partial charge in [-0.2, -0.15) is 0 Å². The minimum absolute atomic E-state index is 0.179. The van der Waals surface area contributed by atoms with Crippen molar-refractivity contribution in [3.63, 3.8) is 0 Å². The van der Waals surface area contributed by atoms with Crippen LogP contribution in [0.5, 0.6) is 0 Å². The molecule has 1 heterocycles. The predicted molar refractivity (Wildman–Crippen MR) is 71.2 cm³/mol. The van der Waals surface area contributed by atoms with Crippen LogP contribution < -0.4 is 0 Å². The van der Waals surface area contributed by atoms with Crippen molar-refractivity contribution in [2.45, 2.75) is 13.3 Å². The van der Waals surface area contributed by atoms with E-state index in [2.05, 4.69) is 15.9 Å². The van der Waals surface area contributed by atoms with Gasteiger partial charge in [-0.3, -0.25) is 4.79 Å². The predicted octanol–water partition coefficient (Wildman–Crippen LogP) is 4.24. The second-order valence-corrected chi connectivity index (χ2v) is 5.61. The molecule has 2 rings (SSSR count). The van der Waals surface area contributed by atoms with Crippen LogP contribution in [0.3, 0.4) is 0 Å². The fourth-order valence-electron chi connectivity index (χ4n) is 1.53. The molecule has 0 spiro atoms. The second-order valence-electron chi connectivity index (χ2n) is 3.70. The molecule has 2 aromatic rings. The zero-order chi connectivity index (χ0) is 11.5. The van der Waals surface area contributed by atoms with E-state index in [1.807, 2.05) is 42.6 Å². The number of ketones is 1. The molecule has 0 saturated carbocycles. The number of halogens is 1. The van der Waals surface area contributed by atoms with E-state index in [0.717, 1.165) is 20.5 Å². The van der Waals surface area contributed by atoms with Gasteiger partial charge in [0, 0.05) is 26.7 Å². The van der Waals surface area contributed by atoms with Crippen molar-refractivity contribution in [3.8, 4) is 0 Å². The SMILES string of the molecule is Cc1cccc(C(=O)Cc2cc(Br)cs2)c1. The quantitative estimate of drug-likeness (QED) is 0.774. The highest BCUT2D eigenvalue weighted by atomic mass is 79.9. The van der Waals surface area contributed by atoms with E-state index in [4.69, 9.17) is 0 Å². The molecule has 0 bridgehead atoms. The Labute approximate surface area is 107 Å². The molecule has 0 aliphatic heterocycles. The number of aryl methyl sites for hydroxylation is 1. The molecule has 0 aliphatic carbocycles. The molecule has 0 unspecified atom stereocenters. The van der Waals surface area contributed by atoms with Gasteiger partial charge in [-0.15, -0.1) is 11.3 Å². The monoisotopic (exact) mass is 294 g/mol. The summed E-state index contributed by atoms with van der Waals surface area (Å²) in [5, 5.41) is 2.00. The van der Waals surface area contributed by atoms with Gasteiger partial charge in [-0.25, -0.2) is 0 Å². The van der Waals surface area contributed by atoms with Crippen molar-refractivity contribution in [3.05, 3.63) is 56.2 Å². The molecule has 0 amide bonds. The molecule has 1 aromatic carbocycles. The molecular formula is C13H11BrOS. The van der Waals surface area contributed by atoms with Gasteiger partial charge in [0.25, 0.3) is 0 Å². The molecule has 1 nitrogen and oxygen atoms in total. The van der Waals surface area contributed by atoms with Crippen LogP contribution in [0.1, 0.15) is 20.8 Å². The standard InChI is InChI=1S/C13H11BrOS/c1-9-3-2-4-10(5-9)13(15)7-12-6-11(14)8-16-12/h2-6,8H,7H2,1H3. The van der Waals surface area contributed by atoms with Crippen LogP contribution in [0.4, 0.5) is 0 Å². The smallest absolute Gasteiger partial charge is 0.168 e. The fraction of sp³-hybridized carbons (Fsp3) is 0.154. The lowest BCUT2D eigenvalue weighted by Crippen LogP contribution is -2.02. The largest absolute Gasteiger partial charge is 0.294 e. The van der Waals surface area contributed by atoms with Crippen molar-refractivity contribution < 1.29 is 4.79 Å². The van der Waals surface area contributed by atoms with Crippen molar-refractivity contribution in [2.24, 2.45) is 0 Å². The molecule has 0 N–H and O–H groups in total. The van der Waals surface area contributed by atoms with Crippen molar-refractivity contribution >= 4 is 33.0 Å². The first-order chi connectivity index (χ1) is 7.65. The Balaban J connectivity index is 2.14. The van der Waals surface area contributed by atoms with Crippen molar-refractivity contribution in [1.82, 2.24) is 0 Å². The summed E-state index contributed by atoms with van der Waals surface area (Å²) in [5.41, 5.74) is 1.92. The maximum Gasteiger partial charge on any atom is 0.168 e. The highest BCUT2D eigenvalue weighted by Gasteiger charge is 2.08. The number of hydrogen-bond donors (Lipinski definition) is 0. The van der Waals surface area contributed by atoms with Gasteiger partial charge in [0.05, 0.1) is 0 Å². The molecule has 82 valence electrons. The third kappa shape index (κ3) is 2.80. The third-order valence-corrected chi connectivity index (χ3v) is 3.99. The number of hydrogen-bond acceptors (Lipinski definition) is 2. The van der Waals surface area contributed by atoms with Crippen LogP contribution in [0.15, 0.2) is 40.2 Å². The number of Topliss-reactive ketones (excluding diaryl/α,β-unsaturated/α-hetero) is 1. The van der Waals surface area contributed by atoms with E-state index in [1.54, 1.807) is 11.3 Å². The molecule has 0 aliphatic rings. The Morgan fingerprint density at radius 1 is 1.38 bits per heavy atom. The van der Waals surface area contributed by atoms with Crippen LogP contribution in [0.25, 0.3) is 0 Å². The summed E-state index contributed by atoms with van der Waals surface area (Å²) in [4.78, 5) is 13.1. The summed E-state index contributed by atoms with van der Waals surface area (Å²) in [6, 6.07) is 9.73. The van der Waals surface area contributed by atoms with E-state index >= 15 is 0 Å². The van der Waals surface area contributed by atoms with E-state index in [1.165, 1.54) is 0 Å². The summed E-state index contributed by atoms with van der Waals surface area (Å²) < 4.78 is 1.05. The minimum atomic E-state index is 0.179. The molecule has 0 fully saturated rings. The van der Waals surface area contributed by atoms with E-state index < -0.39 is 0 Å². The maximum atomic E-state index is 12.0. The van der Waals surface area contributed by atoms with Gasteiger partial charge in [0.1, 0.15) is 0 Å². The lowest BCUT2D eigenvalue weighted by Gasteiger charge is -2.00. The number of benzene rings is 1. The molecule has 0 atom stereocenters. The molecule has 3 heteroatoms. The second kappa shape index (κ2) is 4.93. The average molecular weight is 295 g/mol. The fourth-order valence-corrected chi connectivity index (χ4v) is 2.97. The Bertz CT molecular complexity index is 516. The summed E-state index contributed by atoms with van der Waals surface area (Å²) in [7, 11) is 0. The van der Waals surface area contributed by atoms with Crippen LogP contribution in [0, 0.1) is 6.92 Å². The normalized spacial score (nSPS) is 10.4. The van der Waals surface area contributed by atoms with Gasteiger partial charge in [0.2, 0.25) is 0 Å². The lowest BCUT2D eigenvalue weighted by atomic mass is 10.1. The zero-order valence-corrected chi connectivity index (χ0v) is 11.3. The molecule has 0 saturated heterocycles. The third-order valence-electron chi connectivity index (χ3n) is 2.30. The topological polar surface area (TPSA) is 17.1 Å². The van der Waals surface area contributed by atoms with Crippen LogP contribution in [0.2, 0.25) is 0 Å². The highest BCUT2D eigenvalue weighted by Crippen LogP contribution is 2.21. The van der Waals surface area contributed by atoms with E-state index in [0.29, 0.717) is 6.42 Å². The van der Waals surface area contributed by atoms with Gasteiger partial charge < -0.3 is 0 Å². The van der Waals surface area contributed by atoms with Gasteiger partial charge >= 0.3 is 0 Å². The number of rotatable bonds is 3. The first-order valence-electron chi connectivity index (χ1n) is 4.98. The summed E-state index contributed by atoms with van der Waals surface area (Å²) in [6.07, 6.45) is 0.486.